The third-order valence-electron chi connectivity index (χ3n) is 1.52. The molecule has 0 aromatic heterocycles. The Hall–Kier alpha value is -0.420. The van der Waals surface area contributed by atoms with Crippen LogP contribution >= 0.6 is 0 Å². The van der Waals surface area contributed by atoms with E-state index < -0.39 is 5.79 Å². The molecule has 16 heavy (non-hydrogen) atoms. The lowest BCUT2D eigenvalue weighted by atomic mass is 10.4. The van der Waals surface area contributed by atoms with Gasteiger partial charge in [0.05, 0.1) is 13.2 Å². The number of ether oxygens (including phenoxy) is 2. The molecule has 0 aliphatic carbocycles. The first-order valence-corrected chi connectivity index (χ1v) is 5.70. The fourth-order valence-corrected chi connectivity index (χ4v) is 1.05. The molecule has 1 unspecified atom stereocenters. The van der Waals surface area contributed by atoms with Gasteiger partial charge >= 0.3 is 0 Å². The van der Waals surface area contributed by atoms with E-state index in [1.165, 1.54) is 0 Å². The Bertz CT molecular complexity index is 148. The minimum Gasteiger partial charge on any atom is -0.348 e. The average Bonchev–Trinajstić information content (AvgIpc) is 2.64. The Labute approximate surface area is 99.5 Å². The molecule has 0 aromatic rings. The van der Waals surface area contributed by atoms with E-state index in [1.807, 2.05) is 34.6 Å². The number of hydrogen-bond donors (Lipinski definition) is 0. The SMILES string of the molecule is C=C.CC.CCOOCC1COC(C)(C)O1. The Balaban J connectivity index is 0. The van der Waals surface area contributed by atoms with Crippen LogP contribution in [0.4, 0.5) is 0 Å². The van der Waals surface area contributed by atoms with Crippen molar-refractivity contribution in [2.75, 3.05) is 19.8 Å². The van der Waals surface area contributed by atoms with Crippen LogP contribution in [0.3, 0.4) is 0 Å². The molecule has 98 valence electrons. The van der Waals surface area contributed by atoms with Crippen LogP contribution in [0.1, 0.15) is 34.6 Å². The summed E-state index contributed by atoms with van der Waals surface area (Å²) in [6, 6.07) is 0. The average molecular weight is 234 g/mol. The highest BCUT2D eigenvalue weighted by Gasteiger charge is 2.32. The van der Waals surface area contributed by atoms with E-state index in [0.717, 1.165) is 0 Å². The van der Waals surface area contributed by atoms with Gasteiger partial charge in [-0.3, -0.25) is 0 Å². The van der Waals surface area contributed by atoms with E-state index in [4.69, 9.17) is 19.2 Å². The third-order valence-corrected chi connectivity index (χ3v) is 1.52. The van der Waals surface area contributed by atoms with Crippen molar-refractivity contribution in [1.82, 2.24) is 0 Å². The van der Waals surface area contributed by atoms with Crippen LogP contribution in [0.25, 0.3) is 0 Å². The van der Waals surface area contributed by atoms with Crippen molar-refractivity contribution in [1.29, 1.82) is 0 Å². The molecule has 0 aromatic carbocycles. The first-order chi connectivity index (χ1) is 7.64. The molecule has 1 atom stereocenters. The Morgan fingerprint density at radius 3 is 2.19 bits per heavy atom. The zero-order valence-electron chi connectivity index (χ0n) is 11.2. The summed E-state index contributed by atoms with van der Waals surface area (Å²) >= 11 is 0. The maximum atomic E-state index is 5.47. The first-order valence-electron chi connectivity index (χ1n) is 5.70. The van der Waals surface area contributed by atoms with E-state index in [1.54, 1.807) is 0 Å². The fraction of sp³-hybridized carbons (Fsp3) is 0.833. The second-order valence-electron chi connectivity index (χ2n) is 3.14. The van der Waals surface area contributed by atoms with Crippen LogP contribution in [-0.4, -0.2) is 31.7 Å². The number of hydrogen-bond acceptors (Lipinski definition) is 4. The van der Waals surface area contributed by atoms with Crippen LogP contribution in [0.5, 0.6) is 0 Å². The number of rotatable bonds is 4. The monoisotopic (exact) mass is 234 g/mol. The smallest absolute Gasteiger partial charge is 0.163 e. The highest BCUT2D eigenvalue weighted by Crippen LogP contribution is 2.22. The normalized spacial score (nSPS) is 21.4. The molecule has 4 nitrogen and oxygen atoms in total. The summed E-state index contributed by atoms with van der Waals surface area (Å²) in [5, 5.41) is 0. The van der Waals surface area contributed by atoms with Gasteiger partial charge in [0.25, 0.3) is 0 Å². The van der Waals surface area contributed by atoms with E-state index in [-0.39, 0.29) is 6.10 Å². The minimum atomic E-state index is -0.472. The zero-order chi connectivity index (χ0) is 13.0. The van der Waals surface area contributed by atoms with Gasteiger partial charge in [0, 0.05) is 0 Å². The van der Waals surface area contributed by atoms with Crippen LogP contribution in [0.2, 0.25) is 0 Å². The Morgan fingerprint density at radius 2 is 1.81 bits per heavy atom. The lowest BCUT2D eigenvalue weighted by Crippen LogP contribution is -2.24. The van der Waals surface area contributed by atoms with Gasteiger partial charge in [-0.05, 0) is 20.8 Å². The zero-order valence-corrected chi connectivity index (χ0v) is 11.2. The van der Waals surface area contributed by atoms with E-state index in [0.29, 0.717) is 19.8 Å². The van der Waals surface area contributed by atoms with Crippen molar-refractivity contribution in [3.05, 3.63) is 13.2 Å². The quantitative estimate of drug-likeness (QED) is 0.324. The molecule has 0 bridgehead atoms. The van der Waals surface area contributed by atoms with Gasteiger partial charge in [0.2, 0.25) is 0 Å². The lowest BCUT2D eigenvalue weighted by molar-refractivity contribution is -0.304. The largest absolute Gasteiger partial charge is 0.348 e. The lowest BCUT2D eigenvalue weighted by Gasteiger charge is -2.16. The van der Waals surface area contributed by atoms with Crippen molar-refractivity contribution in [3.8, 4) is 0 Å². The van der Waals surface area contributed by atoms with Crippen LogP contribution < -0.4 is 0 Å². The Morgan fingerprint density at radius 1 is 1.25 bits per heavy atom. The molecule has 1 rings (SSSR count). The third kappa shape index (κ3) is 8.85. The summed E-state index contributed by atoms with van der Waals surface area (Å²) in [4.78, 5) is 9.58. The highest BCUT2D eigenvalue weighted by molar-refractivity contribution is 4.69. The van der Waals surface area contributed by atoms with Gasteiger partial charge in [-0.25, -0.2) is 9.78 Å². The molecule has 1 fully saturated rings. The van der Waals surface area contributed by atoms with Crippen molar-refractivity contribution in [2.45, 2.75) is 46.5 Å². The van der Waals surface area contributed by atoms with Gasteiger partial charge in [-0.2, -0.15) is 0 Å². The van der Waals surface area contributed by atoms with Gasteiger partial charge < -0.3 is 9.47 Å². The van der Waals surface area contributed by atoms with E-state index in [9.17, 15) is 0 Å². The highest BCUT2D eigenvalue weighted by atomic mass is 17.2. The van der Waals surface area contributed by atoms with E-state index in [2.05, 4.69) is 13.2 Å². The van der Waals surface area contributed by atoms with Gasteiger partial charge in [-0.1, -0.05) is 13.8 Å². The molecule has 0 amide bonds. The molecule has 0 radical (unpaired) electrons. The molecular weight excluding hydrogens is 208 g/mol. The second-order valence-corrected chi connectivity index (χ2v) is 3.14. The molecule has 0 spiro atoms. The van der Waals surface area contributed by atoms with E-state index >= 15 is 0 Å². The maximum absolute atomic E-state index is 5.47. The summed E-state index contributed by atoms with van der Waals surface area (Å²) in [7, 11) is 0. The summed E-state index contributed by atoms with van der Waals surface area (Å²) in [6.45, 7) is 17.2. The fourth-order valence-electron chi connectivity index (χ4n) is 1.05. The van der Waals surface area contributed by atoms with Crippen molar-refractivity contribution in [3.63, 3.8) is 0 Å². The standard InChI is InChI=1S/C8H16O4.C2H6.C2H4/c1-4-10-11-6-7-5-9-8(2,3)12-7;2*1-2/h7H,4-6H2,1-3H3;1-2H3;1-2H2. The van der Waals surface area contributed by atoms with Crippen LogP contribution in [0, 0.1) is 0 Å². The van der Waals surface area contributed by atoms with Gasteiger partial charge in [0.15, 0.2) is 5.79 Å². The molecule has 4 heteroatoms. The molecule has 0 saturated carbocycles. The summed E-state index contributed by atoms with van der Waals surface area (Å²) in [5.41, 5.74) is 0. The van der Waals surface area contributed by atoms with Crippen molar-refractivity contribution in [2.24, 2.45) is 0 Å². The second kappa shape index (κ2) is 11.1. The Kier molecular flexibility index (Phi) is 12.4. The predicted octanol–water partition coefficient (Wildman–Crippen LogP) is 2.93. The van der Waals surface area contributed by atoms with Crippen LogP contribution in [0.15, 0.2) is 13.2 Å². The molecular formula is C12H26O4. The predicted molar refractivity (Wildman–Crippen MR) is 65.1 cm³/mol. The van der Waals surface area contributed by atoms with Crippen molar-refractivity contribution >= 4 is 0 Å². The minimum absolute atomic E-state index is 0.00782. The van der Waals surface area contributed by atoms with Crippen LogP contribution in [-0.2, 0) is 19.2 Å². The first kappa shape index (κ1) is 18.0. The maximum Gasteiger partial charge on any atom is 0.163 e. The van der Waals surface area contributed by atoms with Crippen molar-refractivity contribution < 1.29 is 19.2 Å². The summed E-state index contributed by atoms with van der Waals surface area (Å²) in [6.07, 6.45) is -0.00782. The molecule has 1 heterocycles. The molecule has 1 aliphatic rings. The van der Waals surface area contributed by atoms with Gasteiger partial charge in [0.1, 0.15) is 12.7 Å². The summed E-state index contributed by atoms with van der Waals surface area (Å²) < 4.78 is 10.8. The molecule has 1 aliphatic heterocycles. The topological polar surface area (TPSA) is 36.9 Å². The molecule has 1 saturated heterocycles. The van der Waals surface area contributed by atoms with Gasteiger partial charge in [-0.15, -0.1) is 13.2 Å². The molecule has 0 N–H and O–H groups in total. The summed E-state index contributed by atoms with van der Waals surface area (Å²) in [5.74, 6) is -0.472.